The van der Waals surface area contributed by atoms with Crippen molar-refractivity contribution in [2.24, 2.45) is 0 Å². The first-order valence-corrected chi connectivity index (χ1v) is 3.82. The molecule has 0 fully saturated rings. The third-order valence-electron chi connectivity index (χ3n) is 1.10. The van der Waals surface area contributed by atoms with Gasteiger partial charge in [0.25, 0.3) is 0 Å². The van der Waals surface area contributed by atoms with Crippen LogP contribution in [0.4, 0.5) is 0 Å². The summed E-state index contributed by atoms with van der Waals surface area (Å²) in [6.07, 6.45) is 2.21. The van der Waals surface area contributed by atoms with Crippen molar-refractivity contribution in [1.29, 1.82) is 0 Å². The Labute approximate surface area is 72.4 Å². The van der Waals surface area contributed by atoms with Gasteiger partial charge in [-0.1, -0.05) is 13.8 Å². The molecular formula is C9H13NO2. The molecular weight excluding hydrogens is 154 g/mol. The normalized spacial score (nSPS) is 7.92. The van der Waals surface area contributed by atoms with Crippen molar-refractivity contribution < 1.29 is 9.53 Å². The van der Waals surface area contributed by atoms with E-state index >= 15 is 0 Å². The van der Waals surface area contributed by atoms with Gasteiger partial charge in [0.2, 0.25) is 5.88 Å². The van der Waals surface area contributed by atoms with Crippen LogP contribution in [-0.4, -0.2) is 18.4 Å². The number of carbonyl (C=O) groups excluding carboxylic acids is 1. The summed E-state index contributed by atoms with van der Waals surface area (Å²) in [4.78, 5) is 13.9. The molecule has 0 amide bonds. The predicted octanol–water partition coefficient (Wildman–Crippen LogP) is 1.93. The van der Waals surface area contributed by atoms with Crippen molar-refractivity contribution in [2.75, 3.05) is 7.11 Å². The van der Waals surface area contributed by atoms with Crippen LogP contribution in [0.15, 0.2) is 18.3 Å². The van der Waals surface area contributed by atoms with Crippen molar-refractivity contribution in [3.8, 4) is 5.88 Å². The smallest absolute Gasteiger partial charge is 0.212 e. The highest BCUT2D eigenvalue weighted by molar-refractivity contribution is 5.73. The molecule has 0 aliphatic heterocycles. The Bertz CT molecular complexity index is 218. The summed E-state index contributed by atoms with van der Waals surface area (Å²) >= 11 is 0. The van der Waals surface area contributed by atoms with E-state index in [4.69, 9.17) is 4.74 Å². The first-order chi connectivity index (χ1) is 5.86. The van der Waals surface area contributed by atoms with E-state index in [2.05, 4.69) is 4.98 Å². The molecule has 0 atom stereocenters. The maximum Gasteiger partial charge on any atom is 0.212 e. The van der Waals surface area contributed by atoms with E-state index in [1.54, 1.807) is 12.1 Å². The lowest BCUT2D eigenvalue weighted by Crippen LogP contribution is -1.87. The highest BCUT2D eigenvalue weighted by Gasteiger charge is 1.91. The average molecular weight is 167 g/mol. The second-order valence-electron chi connectivity index (χ2n) is 1.75. The molecule has 3 nitrogen and oxygen atoms in total. The van der Waals surface area contributed by atoms with Crippen molar-refractivity contribution in [2.45, 2.75) is 13.8 Å². The van der Waals surface area contributed by atoms with Gasteiger partial charge in [0.15, 0.2) is 6.29 Å². The summed E-state index contributed by atoms with van der Waals surface area (Å²) in [7, 11) is 1.53. The molecule has 0 radical (unpaired) electrons. The van der Waals surface area contributed by atoms with Crippen molar-refractivity contribution in [1.82, 2.24) is 4.98 Å². The van der Waals surface area contributed by atoms with E-state index < -0.39 is 0 Å². The number of ether oxygens (including phenoxy) is 1. The molecule has 0 saturated carbocycles. The number of aldehydes is 1. The SMILES string of the molecule is CC.COc1ccc(C=O)cn1. The van der Waals surface area contributed by atoms with Crippen molar-refractivity contribution >= 4 is 6.29 Å². The third-order valence-corrected chi connectivity index (χ3v) is 1.10. The minimum Gasteiger partial charge on any atom is -0.481 e. The number of rotatable bonds is 2. The molecule has 1 heterocycles. The number of pyridine rings is 1. The topological polar surface area (TPSA) is 39.2 Å². The van der Waals surface area contributed by atoms with Gasteiger partial charge < -0.3 is 4.74 Å². The number of carbonyl (C=O) groups is 1. The Balaban J connectivity index is 0.000000561. The van der Waals surface area contributed by atoms with Crippen LogP contribution in [0.5, 0.6) is 5.88 Å². The molecule has 1 rings (SSSR count). The average Bonchev–Trinajstić information content (AvgIpc) is 2.21. The largest absolute Gasteiger partial charge is 0.481 e. The lowest BCUT2D eigenvalue weighted by atomic mass is 10.3. The summed E-state index contributed by atoms with van der Waals surface area (Å²) in [5.74, 6) is 0.519. The molecule has 0 unspecified atom stereocenters. The van der Waals surface area contributed by atoms with Gasteiger partial charge in [-0.15, -0.1) is 0 Å². The fraction of sp³-hybridized carbons (Fsp3) is 0.333. The number of aromatic nitrogens is 1. The molecule has 1 aromatic heterocycles. The molecule has 3 heteroatoms. The minimum atomic E-state index is 0.519. The first-order valence-electron chi connectivity index (χ1n) is 3.82. The van der Waals surface area contributed by atoms with Gasteiger partial charge in [0.1, 0.15) is 0 Å². The summed E-state index contributed by atoms with van der Waals surface area (Å²) in [5.41, 5.74) is 0.556. The van der Waals surface area contributed by atoms with Crippen molar-refractivity contribution in [3.63, 3.8) is 0 Å². The van der Waals surface area contributed by atoms with Gasteiger partial charge in [-0.05, 0) is 6.07 Å². The molecule has 0 bridgehead atoms. The maximum absolute atomic E-state index is 10.1. The summed E-state index contributed by atoms with van der Waals surface area (Å²) in [6, 6.07) is 3.29. The van der Waals surface area contributed by atoms with Crippen molar-refractivity contribution in [3.05, 3.63) is 23.9 Å². The van der Waals surface area contributed by atoms with Crippen LogP contribution in [0.25, 0.3) is 0 Å². The Hall–Kier alpha value is -1.38. The first kappa shape index (κ1) is 10.6. The third kappa shape index (κ3) is 3.14. The quantitative estimate of drug-likeness (QED) is 0.632. The van der Waals surface area contributed by atoms with Gasteiger partial charge >= 0.3 is 0 Å². The molecule has 1 aromatic rings. The van der Waals surface area contributed by atoms with E-state index in [0.29, 0.717) is 11.4 Å². The van der Waals surface area contributed by atoms with Crippen LogP contribution in [0, 0.1) is 0 Å². The maximum atomic E-state index is 10.1. The Morgan fingerprint density at radius 3 is 2.42 bits per heavy atom. The molecule has 0 aliphatic rings. The molecule has 0 N–H and O–H groups in total. The Morgan fingerprint density at radius 2 is 2.08 bits per heavy atom. The summed E-state index contributed by atoms with van der Waals surface area (Å²) in [6.45, 7) is 4.00. The summed E-state index contributed by atoms with van der Waals surface area (Å²) in [5, 5.41) is 0. The van der Waals surface area contributed by atoms with Gasteiger partial charge in [0, 0.05) is 17.8 Å². The zero-order chi connectivity index (χ0) is 9.40. The second kappa shape index (κ2) is 6.34. The van der Waals surface area contributed by atoms with Crippen LogP contribution in [0.1, 0.15) is 24.2 Å². The molecule has 0 saturated heterocycles. The van der Waals surface area contributed by atoms with Crippen LogP contribution in [0.3, 0.4) is 0 Å². The lowest BCUT2D eigenvalue weighted by Gasteiger charge is -1.95. The number of nitrogens with zero attached hydrogens (tertiary/aromatic N) is 1. The van der Waals surface area contributed by atoms with Crippen LogP contribution in [0.2, 0.25) is 0 Å². The highest BCUT2D eigenvalue weighted by atomic mass is 16.5. The van der Waals surface area contributed by atoms with E-state index in [0.717, 1.165) is 6.29 Å². The number of hydrogen-bond acceptors (Lipinski definition) is 3. The van der Waals surface area contributed by atoms with E-state index in [9.17, 15) is 4.79 Å². The van der Waals surface area contributed by atoms with Crippen LogP contribution in [-0.2, 0) is 0 Å². The van der Waals surface area contributed by atoms with Gasteiger partial charge in [-0.25, -0.2) is 4.98 Å². The summed E-state index contributed by atoms with van der Waals surface area (Å²) < 4.78 is 4.79. The number of hydrogen-bond donors (Lipinski definition) is 0. The second-order valence-corrected chi connectivity index (χ2v) is 1.75. The highest BCUT2D eigenvalue weighted by Crippen LogP contribution is 2.03. The number of methoxy groups -OCH3 is 1. The monoisotopic (exact) mass is 167 g/mol. The van der Waals surface area contributed by atoms with Gasteiger partial charge in [-0.2, -0.15) is 0 Å². The van der Waals surface area contributed by atoms with E-state index in [-0.39, 0.29) is 0 Å². The fourth-order valence-electron chi connectivity index (χ4n) is 0.582. The minimum absolute atomic E-state index is 0.519. The van der Waals surface area contributed by atoms with Gasteiger partial charge in [-0.3, -0.25) is 4.79 Å². The lowest BCUT2D eigenvalue weighted by molar-refractivity contribution is 0.112. The van der Waals surface area contributed by atoms with Crippen LogP contribution < -0.4 is 4.74 Å². The molecule has 0 aliphatic carbocycles. The Kier molecular flexibility index (Phi) is 5.61. The van der Waals surface area contributed by atoms with Crippen LogP contribution >= 0.6 is 0 Å². The van der Waals surface area contributed by atoms with E-state index in [1.807, 2.05) is 13.8 Å². The molecule has 66 valence electrons. The predicted molar refractivity (Wildman–Crippen MR) is 47.5 cm³/mol. The molecule has 0 aromatic carbocycles. The van der Waals surface area contributed by atoms with Gasteiger partial charge in [0.05, 0.1) is 7.11 Å². The molecule has 12 heavy (non-hydrogen) atoms. The standard InChI is InChI=1S/C7H7NO2.C2H6/c1-10-7-3-2-6(5-9)4-8-7;1-2/h2-5H,1H3;1-2H3. The molecule has 0 spiro atoms. The fourth-order valence-corrected chi connectivity index (χ4v) is 0.582. The zero-order valence-corrected chi connectivity index (χ0v) is 7.57. The zero-order valence-electron chi connectivity index (χ0n) is 7.57. The van der Waals surface area contributed by atoms with E-state index in [1.165, 1.54) is 13.3 Å². The Morgan fingerprint density at radius 1 is 1.42 bits per heavy atom.